The molecule has 0 aliphatic heterocycles. The Balaban J connectivity index is 1.44. The highest BCUT2D eigenvalue weighted by Crippen LogP contribution is 2.34. The van der Waals surface area contributed by atoms with E-state index in [1.165, 1.54) is 18.2 Å². The molecule has 0 saturated carbocycles. The molecule has 4 aromatic rings. The molecule has 0 aliphatic rings. The van der Waals surface area contributed by atoms with Gasteiger partial charge in [0.25, 0.3) is 11.6 Å². The molecule has 0 spiro atoms. The van der Waals surface area contributed by atoms with Gasteiger partial charge in [0.1, 0.15) is 29.6 Å². The number of ether oxygens (including phenoxy) is 2. The van der Waals surface area contributed by atoms with Crippen LogP contribution in [0, 0.1) is 10.1 Å². The molecule has 0 bridgehead atoms. The standard InChI is InChI=1S/C29H25F3N2O6/c1-28(2,3)18-7-9-22(10-8-18)38-17-24-11-12-26(40-24)27(35)33-20-14-21(34(36)37)16-25(15-20)39-23-6-4-5-19(13-23)29(30,31)32/h4-16H,17H2,1-3H3,(H,33,35). The van der Waals surface area contributed by atoms with E-state index in [0.717, 1.165) is 35.9 Å². The van der Waals surface area contributed by atoms with Gasteiger partial charge in [0.2, 0.25) is 0 Å². The summed E-state index contributed by atoms with van der Waals surface area (Å²) in [6.07, 6.45) is -4.59. The molecule has 11 heteroatoms. The first-order valence-electron chi connectivity index (χ1n) is 12.1. The third kappa shape index (κ3) is 7.19. The molecule has 0 aliphatic carbocycles. The van der Waals surface area contributed by atoms with Crippen molar-refractivity contribution in [1.29, 1.82) is 0 Å². The van der Waals surface area contributed by atoms with Crippen molar-refractivity contribution < 1.29 is 36.8 Å². The van der Waals surface area contributed by atoms with Gasteiger partial charge in [-0.05, 0) is 53.4 Å². The maximum absolute atomic E-state index is 13.0. The van der Waals surface area contributed by atoms with Gasteiger partial charge in [-0.25, -0.2) is 0 Å². The van der Waals surface area contributed by atoms with E-state index in [0.29, 0.717) is 11.5 Å². The van der Waals surface area contributed by atoms with Crippen LogP contribution in [0.15, 0.2) is 83.3 Å². The van der Waals surface area contributed by atoms with Crippen molar-refractivity contribution in [3.05, 3.63) is 112 Å². The third-order valence-electron chi connectivity index (χ3n) is 5.74. The number of non-ortho nitro benzene ring substituents is 1. The SMILES string of the molecule is CC(C)(C)c1ccc(OCc2ccc(C(=O)Nc3cc(Oc4cccc(C(F)(F)F)c4)cc([N+](=O)[O-])c3)o2)cc1. The molecule has 40 heavy (non-hydrogen) atoms. The van der Waals surface area contributed by atoms with E-state index in [1.807, 2.05) is 24.3 Å². The Morgan fingerprint density at radius 1 is 0.900 bits per heavy atom. The van der Waals surface area contributed by atoms with Gasteiger partial charge < -0.3 is 19.2 Å². The Bertz CT molecular complexity index is 1520. The zero-order valence-corrected chi connectivity index (χ0v) is 21.7. The van der Waals surface area contributed by atoms with Crippen molar-refractivity contribution in [2.75, 3.05) is 5.32 Å². The maximum Gasteiger partial charge on any atom is 0.416 e. The summed E-state index contributed by atoms with van der Waals surface area (Å²) in [6, 6.07) is 18.1. The minimum Gasteiger partial charge on any atom is -0.486 e. The van der Waals surface area contributed by atoms with Crippen LogP contribution in [0.3, 0.4) is 0 Å². The number of furan rings is 1. The minimum atomic E-state index is -4.59. The molecule has 1 heterocycles. The van der Waals surface area contributed by atoms with E-state index in [2.05, 4.69) is 26.1 Å². The van der Waals surface area contributed by atoms with Crippen LogP contribution in [0.4, 0.5) is 24.5 Å². The lowest BCUT2D eigenvalue weighted by atomic mass is 9.87. The van der Waals surface area contributed by atoms with E-state index in [4.69, 9.17) is 13.9 Å². The van der Waals surface area contributed by atoms with Crippen LogP contribution in [0.25, 0.3) is 0 Å². The molecule has 8 nitrogen and oxygen atoms in total. The number of carbonyl (C=O) groups is 1. The first-order valence-corrected chi connectivity index (χ1v) is 12.1. The Morgan fingerprint density at radius 3 is 2.27 bits per heavy atom. The van der Waals surface area contributed by atoms with Crippen LogP contribution in [-0.4, -0.2) is 10.8 Å². The van der Waals surface area contributed by atoms with Crippen molar-refractivity contribution in [2.45, 2.75) is 39.0 Å². The summed E-state index contributed by atoms with van der Waals surface area (Å²) in [6.45, 7) is 6.39. The Labute approximate surface area is 227 Å². The molecule has 0 radical (unpaired) electrons. The summed E-state index contributed by atoms with van der Waals surface area (Å²) in [4.78, 5) is 23.5. The number of halogens is 3. The normalized spacial score (nSPS) is 11.7. The largest absolute Gasteiger partial charge is 0.486 e. The topological polar surface area (TPSA) is 104 Å². The monoisotopic (exact) mass is 554 g/mol. The number of hydrogen-bond donors (Lipinski definition) is 1. The summed E-state index contributed by atoms with van der Waals surface area (Å²) < 4.78 is 55.8. The molecule has 0 fully saturated rings. The predicted octanol–water partition coefficient (Wildman–Crippen LogP) is 8.13. The highest BCUT2D eigenvalue weighted by Gasteiger charge is 2.30. The average molecular weight is 555 g/mol. The summed E-state index contributed by atoms with van der Waals surface area (Å²) in [5, 5.41) is 13.9. The van der Waals surface area contributed by atoms with Crippen molar-refractivity contribution >= 4 is 17.3 Å². The van der Waals surface area contributed by atoms with Crippen molar-refractivity contribution in [1.82, 2.24) is 0 Å². The van der Waals surface area contributed by atoms with Crippen molar-refractivity contribution in [2.24, 2.45) is 0 Å². The number of rotatable bonds is 8. The van der Waals surface area contributed by atoms with Gasteiger partial charge in [-0.15, -0.1) is 0 Å². The molecular weight excluding hydrogens is 529 g/mol. The van der Waals surface area contributed by atoms with E-state index in [-0.39, 0.29) is 35.0 Å². The Hall–Kier alpha value is -4.80. The minimum absolute atomic E-state index is 0.00602. The van der Waals surface area contributed by atoms with Crippen LogP contribution in [0.1, 0.15) is 48.2 Å². The van der Waals surface area contributed by atoms with E-state index in [9.17, 15) is 28.1 Å². The fourth-order valence-electron chi connectivity index (χ4n) is 3.67. The zero-order valence-electron chi connectivity index (χ0n) is 21.7. The van der Waals surface area contributed by atoms with Crippen LogP contribution in [-0.2, 0) is 18.2 Å². The van der Waals surface area contributed by atoms with Crippen molar-refractivity contribution in [3.63, 3.8) is 0 Å². The van der Waals surface area contributed by atoms with Gasteiger partial charge in [-0.2, -0.15) is 13.2 Å². The number of amides is 1. The Morgan fingerprint density at radius 2 is 1.62 bits per heavy atom. The van der Waals surface area contributed by atoms with E-state index >= 15 is 0 Å². The molecular formula is C29H25F3N2O6. The number of nitrogens with one attached hydrogen (secondary N) is 1. The van der Waals surface area contributed by atoms with Gasteiger partial charge in [0, 0.05) is 12.1 Å². The van der Waals surface area contributed by atoms with Crippen LogP contribution in [0.2, 0.25) is 0 Å². The number of anilines is 1. The molecule has 1 aromatic heterocycles. The number of carbonyl (C=O) groups excluding carboxylic acids is 1. The molecule has 1 N–H and O–H groups in total. The lowest BCUT2D eigenvalue weighted by Crippen LogP contribution is -2.11. The number of alkyl halides is 3. The molecule has 3 aromatic carbocycles. The average Bonchev–Trinajstić information content (AvgIpc) is 3.36. The highest BCUT2D eigenvalue weighted by atomic mass is 19.4. The summed E-state index contributed by atoms with van der Waals surface area (Å²) in [5.41, 5.74) is -0.239. The number of hydrogen-bond acceptors (Lipinski definition) is 6. The summed E-state index contributed by atoms with van der Waals surface area (Å²) in [7, 11) is 0. The quantitative estimate of drug-likeness (QED) is 0.174. The number of nitro groups is 1. The molecule has 208 valence electrons. The highest BCUT2D eigenvalue weighted by molar-refractivity contribution is 6.02. The van der Waals surface area contributed by atoms with Gasteiger partial charge in [-0.3, -0.25) is 14.9 Å². The molecule has 4 rings (SSSR count). The van der Waals surface area contributed by atoms with Gasteiger partial charge in [0.15, 0.2) is 5.76 Å². The maximum atomic E-state index is 13.0. The smallest absolute Gasteiger partial charge is 0.416 e. The predicted molar refractivity (Wildman–Crippen MR) is 141 cm³/mol. The van der Waals surface area contributed by atoms with E-state index in [1.54, 1.807) is 6.07 Å². The van der Waals surface area contributed by atoms with Crippen LogP contribution < -0.4 is 14.8 Å². The summed E-state index contributed by atoms with van der Waals surface area (Å²) in [5.74, 6) is -0.107. The molecule has 0 atom stereocenters. The number of nitrogens with zero attached hydrogens (tertiary/aromatic N) is 1. The Kier molecular flexibility index (Phi) is 7.85. The van der Waals surface area contributed by atoms with Gasteiger partial charge >= 0.3 is 6.18 Å². The van der Waals surface area contributed by atoms with Crippen LogP contribution in [0.5, 0.6) is 17.2 Å². The fourth-order valence-corrected chi connectivity index (χ4v) is 3.67. The number of benzene rings is 3. The third-order valence-corrected chi connectivity index (χ3v) is 5.74. The van der Waals surface area contributed by atoms with E-state index < -0.39 is 28.3 Å². The summed E-state index contributed by atoms with van der Waals surface area (Å²) >= 11 is 0. The lowest BCUT2D eigenvalue weighted by Gasteiger charge is -2.19. The molecule has 0 unspecified atom stereocenters. The molecule has 1 amide bonds. The zero-order chi connectivity index (χ0) is 29.1. The first-order chi connectivity index (χ1) is 18.8. The number of nitro benzene ring substituents is 1. The second-order valence-corrected chi connectivity index (χ2v) is 9.88. The second kappa shape index (κ2) is 11.1. The molecule has 0 saturated heterocycles. The second-order valence-electron chi connectivity index (χ2n) is 9.88. The van der Waals surface area contributed by atoms with Gasteiger partial charge in [-0.1, -0.05) is 39.0 Å². The van der Waals surface area contributed by atoms with Crippen molar-refractivity contribution in [3.8, 4) is 17.2 Å². The fraction of sp³-hybridized carbons (Fsp3) is 0.207. The first kappa shape index (κ1) is 28.2. The van der Waals surface area contributed by atoms with Gasteiger partial charge in [0.05, 0.1) is 22.2 Å². The van der Waals surface area contributed by atoms with Crippen LogP contribution >= 0.6 is 0 Å². The lowest BCUT2D eigenvalue weighted by molar-refractivity contribution is -0.384.